The van der Waals surface area contributed by atoms with Crippen molar-refractivity contribution in [3.8, 4) is 0 Å². The summed E-state index contributed by atoms with van der Waals surface area (Å²) in [6.07, 6.45) is -0.0955. The summed E-state index contributed by atoms with van der Waals surface area (Å²) in [5.41, 5.74) is 7.91. The smallest absolute Gasteiger partial charge is 0.328 e. The van der Waals surface area contributed by atoms with E-state index in [1.165, 1.54) is 0 Å². The number of carbonyl (C=O) groups excluding carboxylic acids is 1. The minimum atomic E-state index is -0.307. The molecule has 2 N–H and O–H groups in total. The molecule has 1 saturated heterocycles. The van der Waals surface area contributed by atoms with Crippen molar-refractivity contribution in [2.24, 2.45) is 0 Å². The lowest BCUT2D eigenvalue weighted by Crippen LogP contribution is -2.38. The number of nitrogens with two attached hydrogens (primary N) is 1. The first-order valence-electron chi connectivity index (χ1n) is 5.14. The molecule has 0 spiro atoms. The highest BCUT2D eigenvalue weighted by atomic mass is 16.6. The molecule has 0 aliphatic carbocycles. The molecular weight excluding hydrogens is 210 g/mol. The Morgan fingerprint density at radius 1 is 1.62 bits per heavy atom. The summed E-state index contributed by atoms with van der Waals surface area (Å²) < 4.78 is 11.6. The number of anilines is 1. The van der Waals surface area contributed by atoms with E-state index in [2.05, 4.69) is 5.10 Å². The molecule has 2 rings (SSSR count). The molecule has 1 fully saturated rings. The Hall–Kier alpha value is -1.56. The van der Waals surface area contributed by atoms with E-state index in [1.54, 1.807) is 4.68 Å². The van der Waals surface area contributed by atoms with Gasteiger partial charge in [-0.2, -0.15) is 5.10 Å². The van der Waals surface area contributed by atoms with Gasteiger partial charge in [0, 0.05) is 0 Å². The average molecular weight is 225 g/mol. The lowest BCUT2D eigenvalue weighted by molar-refractivity contribution is -0.173. The molecule has 0 radical (unpaired) electrons. The van der Waals surface area contributed by atoms with Crippen LogP contribution in [0, 0.1) is 13.8 Å². The molecule has 1 aliphatic rings. The topological polar surface area (TPSA) is 79.4 Å². The van der Waals surface area contributed by atoms with Crippen LogP contribution in [-0.4, -0.2) is 35.1 Å². The summed E-state index contributed by atoms with van der Waals surface area (Å²) >= 11 is 0. The monoisotopic (exact) mass is 225 g/mol. The summed E-state index contributed by atoms with van der Waals surface area (Å²) in [4.78, 5) is 11.5. The van der Waals surface area contributed by atoms with E-state index in [1.807, 2.05) is 13.8 Å². The van der Waals surface area contributed by atoms with E-state index in [9.17, 15) is 4.79 Å². The largest absolute Gasteiger partial charge is 0.456 e. The third-order valence-electron chi connectivity index (χ3n) is 2.62. The second-order valence-electron chi connectivity index (χ2n) is 3.89. The van der Waals surface area contributed by atoms with Crippen molar-refractivity contribution in [3.63, 3.8) is 0 Å². The second-order valence-corrected chi connectivity index (χ2v) is 3.89. The van der Waals surface area contributed by atoms with Gasteiger partial charge in [0.1, 0.15) is 12.6 Å². The van der Waals surface area contributed by atoms with Gasteiger partial charge in [0.25, 0.3) is 0 Å². The Kier molecular flexibility index (Phi) is 2.82. The van der Waals surface area contributed by atoms with Crippen molar-refractivity contribution in [1.29, 1.82) is 0 Å². The average Bonchev–Trinajstić information content (AvgIpc) is 2.40. The number of rotatable bonds is 3. The van der Waals surface area contributed by atoms with Crippen LogP contribution < -0.4 is 5.73 Å². The summed E-state index contributed by atoms with van der Waals surface area (Å²) in [5, 5.41) is 4.16. The quantitative estimate of drug-likeness (QED) is 0.734. The van der Waals surface area contributed by atoms with Crippen molar-refractivity contribution in [1.82, 2.24) is 9.78 Å². The number of esters is 1. The number of aromatic nitrogens is 2. The minimum Gasteiger partial charge on any atom is -0.456 e. The highest BCUT2D eigenvalue weighted by Crippen LogP contribution is 2.15. The Bertz CT molecular complexity index is 410. The molecule has 16 heavy (non-hydrogen) atoms. The molecule has 6 nitrogen and oxygen atoms in total. The van der Waals surface area contributed by atoms with Crippen LogP contribution in [0.2, 0.25) is 0 Å². The van der Waals surface area contributed by atoms with Crippen molar-refractivity contribution in [2.45, 2.75) is 26.5 Å². The summed E-state index contributed by atoms with van der Waals surface area (Å²) in [7, 11) is 0. The molecule has 0 atom stereocenters. The first-order chi connectivity index (χ1) is 7.58. The van der Waals surface area contributed by atoms with Gasteiger partial charge in [0.05, 0.1) is 30.3 Å². The second kappa shape index (κ2) is 4.13. The van der Waals surface area contributed by atoms with Crippen LogP contribution in [0.4, 0.5) is 5.69 Å². The van der Waals surface area contributed by atoms with Gasteiger partial charge in [-0.15, -0.1) is 0 Å². The van der Waals surface area contributed by atoms with Crippen molar-refractivity contribution < 1.29 is 14.3 Å². The zero-order chi connectivity index (χ0) is 11.7. The standard InChI is InChI=1S/C10H15N3O3/c1-6-10(11)7(2)13(12-6)3-9(14)16-8-4-15-5-8/h8H,3-5,11H2,1-2H3. The van der Waals surface area contributed by atoms with Crippen LogP contribution in [-0.2, 0) is 20.8 Å². The number of hydrogen-bond donors (Lipinski definition) is 1. The zero-order valence-electron chi connectivity index (χ0n) is 9.40. The Labute approximate surface area is 93.3 Å². The number of carbonyl (C=O) groups is 1. The number of ether oxygens (including phenoxy) is 2. The molecule has 0 aromatic carbocycles. The fraction of sp³-hybridized carbons (Fsp3) is 0.600. The van der Waals surface area contributed by atoms with E-state index in [0.717, 1.165) is 11.4 Å². The van der Waals surface area contributed by atoms with E-state index in [4.69, 9.17) is 15.2 Å². The van der Waals surface area contributed by atoms with Crippen LogP contribution in [0.5, 0.6) is 0 Å². The van der Waals surface area contributed by atoms with Crippen molar-refractivity contribution in [2.75, 3.05) is 18.9 Å². The SMILES string of the molecule is Cc1nn(CC(=O)OC2COC2)c(C)c1N. The van der Waals surface area contributed by atoms with Crippen molar-refractivity contribution in [3.05, 3.63) is 11.4 Å². The maximum absolute atomic E-state index is 11.5. The minimum absolute atomic E-state index is 0.0955. The molecular formula is C10H15N3O3. The fourth-order valence-corrected chi connectivity index (χ4v) is 1.49. The third-order valence-corrected chi connectivity index (χ3v) is 2.62. The van der Waals surface area contributed by atoms with E-state index >= 15 is 0 Å². The highest BCUT2D eigenvalue weighted by Gasteiger charge is 2.23. The fourth-order valence-electron chi connectivity index (χ4n) is 1.49. The molecule has 6 heteroatoms. The third kappa shape index (κ3) is 2.01. The maximum atomic E-state index is 11.5. The molecule has 0 amide bonds. The Morgan fingerprint density at radius 2 is 2.31 bits per heavy atom. The van der Waals surface area contributed by atoms with Crippen LogP contribution >= 0.6 is 0 Å². The van der Waals surface area contributed by atoms with E-state index < -0.39 is 0 Å². The van der Waals surface area contributed by atoms with Gasteiger partial charge < -0.3 is 15.2 Å². The Morgan fingerprint density at radius 3 is 2.75 bits per heavy atom. The lowest BCUT2D eigenvalue weighted by Gasteiger charge is -2.25. The molecule has 1 aliphatic heterocycles. The summed E-state index contributed by atoms with van der Waals surface area (Å²) in [6, 6.07) is 0. The first kappa shape index (κ1) is 10.9. The lowest BCUT2D eigenvalue weighted by atomic mass is 10.3. The van der Waals surface area contributed by atoms with Gasteiger partial charge in [0.15, 0.2) is 0 Å². The zero-order valence-corrected chi connectivity index (χ0v) is 9.40. The normalized spacial score (nSPS) is 15.9. The number of hydrogen-bond acceptors (Lipinski definition) is 5. The molecule has 0 unspecified atom stereocenters. The van der Waals surface area contributed by atoms with Crippen LogP contribution in [0.3, 0.4) is 0 Å². The van der Waals surface area contributed by atoms with Crippen LogP contribution in [0.15, 0.2) is 0 Å². The van der Waals surface area contributed by atoms with Gasteiger partial charge in [-0.1, -0.05) is 0 Å². The van der Waals surface area contributed by atoms with Gasteiger partial charge in [-0.05, 0) is 13.8 Å². The summed E-state index contributed by atoms with van der Waals surface area (Å²) in [6.45, 7) is 4.72. The van der Waals surface area contributed by atoms with E-state index in [-0.39, 0.29) is 18.6 Å². The molecule has 0 bridgehead atoms. The van der Waals surface area contributed by atoms with Gasteiger partial charge >= 0.3 is 5.97 Å². The highest BCUT2D eigenvalue weighted by molar-refractivity contribution is 5.69. The molecule has 88 valence electrons. The van der Waals surface area contributed by atoms with Gasteiger partial charge in [-0.3, -0.25) is 9.48 Å². The maximum Gasteiger partial charge on any atom is 0.328 e. The molecule has 1 aromatic heterocycles. The van der Waals surface area contributed by atoms with Gasteiger partial charge in [0.2, 0.25) is 0 Å². The Balaban J connectivity index is 1.97. The first-order valence-corrected chi connectivity index (χ1v) is 5.14. The predicted molar refractivity (Wildman–Crippen MR) is 56.8 cm³/mol. The van der Waals surface area contributed by atoms with Gasteiger partial charge in [-0.25, -0.2) is 0 Å². The van der Waals surface area contributed by atoms with Crippen molar-refractivity contribution >= 4 is 11.7 Å². The predicted octanol–water partition coefficient (Wildman–Crippen LogP) is 0.0241. The number of nitrogen functional groups attached to an aromatic ring is 1. The van der Waals surface area contributed by atoms with E-state index in [0.29, 0.717) is 18.9 Å². The number of nitrogens with zero attached hydrogens (tertiary/aromatic N) is 2. The summed E-state index contributed by atoms with van der Waals surface area (Å²) in [5.74, 6) is -0.307. The number of aryl methyl sites for hydroxylation is 1. The van der Waals surface area contributed by atoms with Crippen LogP contribution in [0.1, 0.15) is 11.4 Å². The van der Waals surface area contributed by atoms with Crippen LogP contribution in [0.25, 0.3) is 0 Å². The molecule has 2 heterocycles. The molecule has 1 aromatic rings. The molecule has 0 saturated carbocycles.